The number of carbonyl (C=O) groups excluding carboxylic acids is 1. The molecule has 0 aliphatic rings. The lowest BCUT2D eigenvalue weighted by atomic mass is 10.00. The second-order valence-electron chi connectivity index (χ2n) is 8.00. The van der Waals surface area contributed by atoms with Crippen LogP contribution in [0.25, 0.3) is 22.2 Å². The maximum Gasteiger partial charge on any atom is 0.337 e. The molecule has 0 saturated heterocycles. The second kappa shape index (κ2) is 12.7. The summed E-state index contributed by atoms with van der Waals surface area (Å²) in [7, 11) is -3.84. The molecule has 39 heavy (non-hydrogen) atoms. The number of nitrogens with zero attached hydrogens (tertiary/aromatic N) is 1. The van der Waals surface area contributed by atoms with Gasteiger partial charge in [-0.3, -0.25) is 9.52 Å². The van der Waals surface area contributed by atoms with Crippen LogP contribution in [0, 0.1) is 11.6 Å². The van der Waals surface area contributed by atoms with Gasteiger partial charge >= 0.3 is 5.97 Å². The van der Waals surface area contributed by atoms with Crippen molar-refractivity contribution in [2.24, 2.45) is 0 Å². The van der Waals surface area contributed by atoms with Gasteiger partial charge in [-0.25, -0.2) is 27.0 Å². The number of aliphatic carboxylic acids is 1. The molecule has 0 radical (unpaired) electrons. The normalized spacial score (nSPS) is 11.3. The number of aromatic amines is 1. The number of pyridine rings is 1. The Labute approximate surface area is 237 Å². The van der Waals surface area contributed by atoms with Gasteiger partial charge in [0.2, 0.25) is 20.6 Å². The summed E-state index contributed by atoms with van der Waals surface area (Å²) in [5.74, 6) is -4.78. The smallest absolute Gasteiger partial charge is 0.337 e. The summed E-state index contributed by atoms with van der Waals surface area (Å²) >= 11 is 15.5. The molecule has 0 spiro atoms. The average molecular weight is 619 g/mol. The first kappa shape index (κ1) is 30.3. The molecule has 206 valence electrons. The number of alkyl halides is 2. The minimum absolute atomic E-state index is 0.000297. The summed E-state index contributed by atoms with van der Waals surface area (Å²) in [6.07, 6.45) is 3.22. The lowest BCUT2D eigenvalue weighted by Crippen LogP contribution is -2.18. The molecular formula is C25H20Cl3F2N3O5S. The number of fused-ring (bicyclic) bond motifs is 1. The van der Waals surface area contributed by atoms with E-state index in [0.717, 1.165) is 17.7 Å². The highest BCUT2D eigenvalue weighted by Crippen LogP contribution is 2.30. The van der Waals surface area contributed by atoms with E-state index < -0.39 is 49.5 Å². The summed E-state index contributed by atoms with van der Waals surface area (Å²) in [6, 6.07) is 10.5. The zero-order valence-electron chi connectivity index (χ0n) is 20.0. The highest BCUT2D eigenvalue weighted by atomic mass is 35.5. The van der Waals surface area contributed by atoms with Crippen molar-refractivity contribution in [1.82, 2.24) is 9.97 Å². The molecule has 3 N–H and O–H groups in total. The molecule has 0 saturated carbocycles. The Hall–Kier alpha value is -3.25. The van der Waals surface area contributed by atoms with Gasteiger partial charge in [-0.1, -0.05) is 53.9 Å². The third-order valence-corrected chi connectivity index (χ3v) is 7.30. The Kier molecular flexibility index (Phi) is 9.89. The van der Waals surface area contributed by atoms with E-state index in [2.05, 4.69) is 14.7 Å². The monoisotopic (exact) mass is 617 g/mol. The van der Waals surface area contributed by atoms with Crippen molar-refractivity contribution in [1.29, 1.82) is 0 Å². The summed E-state index contributed by atoms with van der Waals surface area (Å²) in [5, 5.41) is 8.65. The van der Waals surface area contributed by atoms with Crippen molar-refractivity contribution in [2.75, 3.05) is 10.5 Å². The molecule has 0 aliphatic heterocycles. The van der Waals surface area contributed by atoms with Crippen LogP contribution < -0.4 is 4.72 Å². The fraction of sp³-hybridized carbons (Fsp3) is 0.160. The molecule has 4 aromatic rings. The fourth-order valence-corrected chi connectivity index (χ4v) is 4.71. The zero-order chi connectivity index (χ0) is 28.9. The van der Waals surface area contributed by atoms with Gasteiger partial charge in [0.05, 0.1) is 17.0 Å². The summed E-state index contributed by atoms with van der Waals surface area (Å²) in [5.41, 5.74) is 0.474. The quantitative estimate of drug-likeness (QED) is 0.154. The average Bonchev–Trinajstić information content (AvgIpc) is 3.30. The Morgan fingerprint density at radius 2 is 1.74 bits per heavy atom. The van der Waals surface area contributed by atoms with Gasteiger partial charge in [-0.15, -0.1) is 0 Å². The topological polar surface area (TPSA) is 129 Å². The van der Waals surface area contributed by atoms with Crippen molar-refractivity contribution in [3.05, 3.63) is 82.6 Å². The van der Waals surface area contributed by atoms with Crippen LogP contribution >= 0.6 is 34.8 Å². The number of H-pyrrole nitrogens is 1. The van der Waals surface area contributed by atoms with Crippen LogP contribution in [-0.4, -0.2) is 45.8 Å². The molecule has 14 heteroatoms. The SMILES string of the molecule is CCCS(=O)(=O)Nc1ccc(F)c(C(=O)c2c[nH]c3ncc(-c4ccc(Cl)cc4)cc23)c1F.O=C(O)C(Cl)Cl. The summed E-state index contributed by atoms with van der Waals surface area (Å²) in [6.45, 7) is 1.65. The Morgan fingerprint density at radius 3 is 2.33 bits per heavy atom. The van der Waals surface area contributed by atoms with Crippen LogP contribution in [0.3, 0.4) is 0 Å². The second-order valence-corrected chi connectivity index (χ2v) is 11.4. The third kappa shape index (κ3) is 7.45. The van der Waals surface area contributed by atoms with E-state index in [1.54, 1.807) is 43.5 Å². The first-order valence-corrected chi connectivity index (χ1v) is 14.0. The Bertz CT molecular complexity index is 1630. The van der Waals surface area contributed by atoms with Crippen LogP contribution in [0.4, 0.5) is 14.5 Å². The van der Waals surface area contributed by atoms with E-state index in [1.807, 2.05) is 0 Å². The van der Waals surface area contributed by atoms with Crippen molar-refractivity contribution >= 4 is 73.3 Å². The van der Waals surface area contributed by atoms with Gasteiger partial charge in [-0.2, -0.15) is 0 Å². The lowest BCUT2D eigenvalue weighted by molar-refractivity contribution is -0.135. The summed E-state index contributed by atoms with van der Waals surface area (Å²) in [4.78, 5) is 28.4. The molecule has 2 aromatic carbocycles. The lowest BCUT2D eigenvalue weighted by Gasteiger charge is -2.11. The molecule has 0 bridgehead atoms. The number of hydrogen-bond acceptors (Lipinski definition) is 5. The molecule has 0 unspecified atom stereocenters. The fourth-order valence-electron chi connectivity index (χ4n) is 3.45. The number of carbonyl (C=O) groups is 2. The van der Waals surface area contributed by atoms with Gasteiger partial charge in [0.15, 0.2) is 5.82 Å². The Balaban J connectivity index is 0.000000631. The number of nitrogens with one attached hydrogen (secondary N) is 2. The van der Waals surface area contributed by atoms with Crippen LogP contribution in [0.2, 0.25) is 5.02 Å². The number of carboxylic acid groups (broad SMARTS) is 1. The summed E-state index contributed by atoms with van der Waals surface area (Å²) < 4.78 is 55.8. The number of carboxylic acids is 1. The van der Waals surface area contributed by atoms with Crippen LogP contribution in [0.15, 0.2) is 54.9 Å². The van der Waals surface area contributed by atoms with Gasteiger partial charge in [-0.05, 0) is 42.3 Å². The third-order valence-electron chi connectivity index (χ3n) is 5.20. The van der Waals surface area contributed by atoms with E-state index in [0.29, 0.717) is 28.0 Å². The van der Waals surface area contributed by atoms with E-state index in [9.17, 15) is 22.4 Å². The molecule has 2 heterocycles. The number of anilines is 1. The zero-order valence-corrected chi connectivity index (χ0v) is 23.1. The molecule has 0 fully saturated rings. The molecule has 0 amide bonds. The highest BCUT2D eigenvalue weighted by Gasteiger charge is 2.26. The highest BCUT2D eigenvalue weighted by molar-refractivity contribution is 7.92. The Morgan fingerprint density at radius 1 is 1.10 bits per heavy atom. The van der Waals surface area contributed by atoms with Crippen molar-refractivity contribution < 1.29 is 31.9 Å². The molecule has 4 rings (SSSR count). The number of benzene rings is 2. The van der Waals surface area contributed by atoms with Gasteiger partial charge in [0.1, 0.15) is 11.5 Å². The largest absolute Gasteiger partial charge is 0.479 e. The van der Waals surface area contributed by atoms with Gasteiger partial charge in [0, 0.05) is 33.9 Å². The number of ketones is 1. The number of halogens is 5. The first-order valence-electron chi connectivity index (χ1n) is 11.1. The van der Waals surface area contributed by atoms with E-state index in [4.69, 9.17) is 39.9 Å². The predicted octanol–water partition coefficient (Wildman–Crippen LogP) is 6.42. The number of rotatable bonds is 8. The minimum atomic E-state index is -3.84. The van der Waals surface area contributed by atoms with Crippen LogP contribution in [0.1, 0.15) is 29.3 Å². The first-order chi connectivity index (χ1) is 18.3. The number of sulfonamides is 1. The van der Waals surface area contributed by atoms with Gasteiger partial charge < -0.3 is 10.1 Å². The number of hydrogen-bond donors (Lipinski definition) is 3. The molecule has 0 atom stereocenters. The maximum absolute atomic E-state index is 15.1. The standard InChI is InChI=1S/C23H18ClF2N3O3S.C2H2Cl2O2/c1-2-9-33(31,32)29-19-8-7-18(25)20(21(19)26)22(30)17-12-28-23-16(17)10-14(11-27-23)13-3-5-15(24)6-4-13;3-1(4)2(5)6/h3-8,10-12,29H,2,9H2,1H3,(H,27,28);1H,(H,5,6). The minimum Gasteiger partial charge on any atom is -0.479 e. The molecular weight excluding hydrogens is 599 g/mol. The van der Waals surface area contributed by atoms with Crippen LogP contribution in [0.5, 0.6) is 0 Å². The van der Waals surface area contributed by atoms with Crippen molar-refractivity contribution in [3.8, 4) is 11.1 Å². The van der Waals surface area contributed by atoms with E-state index in [-0.39, 0.29) is 11.3 Å². The van der Waals surface area contributed by atoms with Gasteiger partial charge in [0.25, 0.3) is 0 Å². The predicted molar refractivity (Wildman–Crippen MR) is 147 cm³/mol. The van der Waals surface area contributed by atoms with E-state index >= 15 is 4.39 Å². The van der Waals surface area contributed by atoms with E-state index in [1.165, 1.54) is 6.20 Å². The van der Waals surface area contributed by atoms with Crippen molar-refractivity contribution in [3.63, 3.8) is 0 Å². The molecule has 0 aliphatic carbocycles. The van der Waals surface area contributed by atoms with Crippen LogP contribution in [-0.2, 0) is 14.8 Å². The maximum atomic E-state index is 15.1. The molecule has 8 nitrogen and oxygen atoms in total. The molecule has 2 aromatic heterocycles. The number of aromatic nitrogens is 2. The van der Waals surface area contributed by atoms with Crippen molar-refractivity contribution in [2.45, 2.75) is 18.2 Å².